The third-order valence-corrected chi connectivity index (χ3v) is 3.79. The number of nitrogens with zero attached hydrogens (tertiary/aromatic N) is 1. The van der Waals surface area contributed by atoms with Crippen LogP contribution in [0.3, 0.4) is 0 Å². The molecule has 0 spiro atoms. The van der Waals surface area contributed by atoms with E-state index in [1.807, 2.05) is 6.07 Å². The van der Waals surface area contributed by atoms with Crippen molar-refractivity contribution in [2.24, 2.45) is 0 Å². The van der Waals surface area contributed by atoms with Gasteiger partial charge < -0.3 is 16.0 Å². The average molecular weight is 261 g/mol. The highest BCUT2D eigenvalue weighted by atomic mass is 16.1. The van der Waals surface area contributed by atoms with Crippen LogP contribution in [0.1, 0.15) is 38.7 Å². The Bertz CT molecular complexity index is 459. The van der Waals surface area contributed by atoms with Crippen LogP contribution in [0.2, 0.25) is 0 Å². The number of hydrogen-bond acceptors (Lipinski definition) is 3. The number of benzene rings is 1. The van der Waals surface area contributed by atoms with Crippen molar-refractivity contribution in [2.45, 2.75) is 45.6 Å². The molecule has 1 aromatic rings. The van der Waals surface area contributed by atoms with Gasteiger partial charge in [0.05, 0.1) is 11.4 Å². The van der Waals surface area contributed by atoms with E-state index in [9.17, 15) is 4.79 Å². The fourth-order valence-electron chi connectivity index (χ4n) is 2.54. The minimum absolute atomic E-state index is 0.253. The van der Waals surface area contributed by atoms with E-state index >= 15 is 0 Å². The van der Waals surface area contributed by atoms with Gasteiger partial charge in [-0.1, -0.05) is 13.3 Å². The standard InChI is InChI=1S/C15H23N3O/c1-3-4-7-17-14-8-12-6-5-11(2)18(10-19)15(12)9-13(14)16/h8-11,17H,3-7,16H2,1-2H3. The smallest absolute Gasteiger partial charge is 0.214 e. The lowest BCUT2D eigenvalue weighted by atomic mass is 9.96. The van der Waals surface area contributed by atoms with Crippen molar-refractivity contribution < 1.29 is 4.79 Å². The second-order valence-corrected chi connectivity index (χ2v) is 5.25. The molecule has 3 N–H and O–H groups in total. The Kier molecular flexibility index (Phi) is 4.30. The number of amides is 1. The Morgan fingerprint density at radius 2 is 2.32 bits per heavy atom. The van der Waals surface area contributed by atoms with Crippen LogP contribution in [0.4, 0.5) is 17.1 Å². The van der Waals surface area contributed by atoms with Crippen LogP contribution in [0.15, 0.2) is 12.1 Å². The lowest BCUT2D eigenvalue weighted by molar-refractivity contribution is -0.107. The summed E-state index contributed by atoms with van der Waals surface area (Å²) in [6.45, 7) is 5.18. The maximum absolute atomic E-state index is 11.2. The molecule has 1 aliphatic rings. The van der Waals surface area contributed by atoms with Gasteiger partial charge >= 0.3 is 0 Å². The molecule has 2 rings (SSSR count). The molecule has 1 aliphatic heterocycles. The van der Waals surface area contributed by atoms with Gasteiger partial charge in [-0.05, 0) is 43.9 Å². The summed E-state index contributed by atoms with van der Waals surface area (Å²) in [4.78, 5) is 13.0. The summed E-state index contributed by atoms with van der Waals surface area (Å²) in [7, 11) is 0. The van der Waals surface area contributed by atoms with E-state index in [1.54, 1.807) is 4.90 Å². The van der Waals surface area contributed by atoms with Crippen LogP contribution < -0.4 is 16.0 Å². The quantitative estimate of drug-likeness (QED) is 0.487. The second kappa shape index (κ2) is 5.95. The first kappa shape index (κ1) is 13.7. The van der Waals surface area contributed by atoms with Gasteiger partial charge in [0.2, 0.25) is 6.41 Å². The molecule has 104 valence electrons. The fraction of sp³-hybridized carbons (Fsp3) is 0.533. The van der Waals surface area contributed by atoms with Crippen LogP contribution in [0, 0.1) is 0 Å². The van der Waals surface area contributed by atoms with E-state index in [1.165, 1.54) is 5.56 Å². The third-order valence-electron chi connectivity index (χ3n) is 3.79. The number of fused-ring (bicyclic) bond motifs is 1. The topological polar surface area (TPSA) is 58.4 Å². The molecule has 4 heteroatoms. The van der Waals surface area contributed by atoms with Crippen molar-refractivity contribution >= 4 is 23.5 Å². The summed E-state index contributed by atoms with van der Waals surface area (Å²) in [6, 6.07) is 4.28. The Balaban J connectivity index is 2.25. The number of rotatable bonds is 5. The predicted octanol–water partition coefficient (Wildman–Crippen LogP) is 2.78. The molecular formula is C15H23N3O. The maximum Gasteiger partial charge on any atom is 0.214 e. The fourth-order valence-corrected chi connectivity index (χ4v) is 2.54. The molecule has 1 aromatic carbocycles. The first-order valence-corrected chi connectivity index (χ1v) is 7.07. The minimum Gasteiger partial charge on any atom is -0.397 e. The first-order chi connectivity index (χ1) is 9.17. The number of nitrogens with two attached hydrogens (primary N) is 1. The number of nitrogen functional groups attached to an aromatic ring is 1. The molecule has 1 heterocycles. The molecular weight excluding hydrogens is 238 g/mol. The highest BCUT2D eigenvalue weighted by Crippen LogP contribution is 2.35. The second-order valence-electron chi connectivity index (χ2n) is 5.25. The summed E-state index contributed by atoms with van der Waals surface area (Å²) < 4.78 is 0. The van der Waals surface area contributed by atoms with E-state index in [0.717, 1.165) is 55.7 Å². The number of nitrogens with one attached hydrogen (secondary N) is 1. The van der Waals surface area contributed by atoms with E-state index < -0.39 is 0 Å². The van der Waals surface area contributed by atoms with Crippen molar-refractivity contribution in [2.75, 3.05) is 22.5 Å². The lowest BCUT2D eigenvalue weighted by Crippen LogP contribution is -2.36. The van der Waals surface area contributed by atoms with Crippen LogP contribution >= 0.6 is 0 Å². The molecule has 0 bridgehead atoms. The highest BCUT2D eigenvalue weighted by molar-refractivity contribution is 5.84. The molecule has 0 radical (unpaired) electrons. The van der Waals surface area contributed by atoms with Crippen molar-refractivity contribution in [3.05, 3.63) is 17.7 Å². The third kappa shape index (κ3) is 2.83. The van der Waals surface area contributed by atoms with E-state index in [-0.39, 0.29) is 6.04 Å². The van der Waals surface area contributed by atoms with Gasteiger partial charge in [0.15, 0.2) is 0 Å². The molecule has 0 saturated carbocycles. The van der Waals surface area contributed by atoms with Gasteiger partial charge in [-0.25, -0.2) is 0 Å². The van der Waals surface area contributed by atoms with Crippen LogP contribution in [-0.2, 0) is 11.2 Å². The molecule has 1 atom stereocenters. The van der Waals surface area contributed by atoms with Gasteiger partial charge in [0.1, 0.15) is 0 Å². The van der Waals surface area contributed by atoms with Crippen LogP contribution in [0.25, 0.3) is 0 Å². The average Bonchev–Trinajstić information content (AvgIpc) is 2.40. The van der Waals surface area contributed by atoms with Crippen LogP contribution in [-0.4, -0.2) is 19.0 Å². The van der Waals surface area contributed by atoms with E-state index in [0.29, 0.717) is 0 Å². The van der Waals surface area contributed by atoms with Crippen LogP contribution in [0.5, 0.6) is 0 Å². The maximum atomic E-state index is 11.2. The summed E-state index contributed by atoms with van der Waals surface area (Å²) in [5, 5.41) is 3.38. The molecule has 1 amide bonds. The summed E-state index contributed by atoms with van der Waals surface area (Å²) in [5.41, 5.74) is 9.97. The summed E-state index contributed by atoms with van der Waals surface area (Å²) in [6.07, 6.45) is 5.21. The van der Waals surface area contributed by atoms with Gasteiger partial charge in [0.25, 0.3) is 0 Å². The molecule has 0 aromatic heterocycles. The summed E-state index contributed by atoms with van der Waals surface area (Å²) in [5.74, 6) is 0. The number of unbranched alkanes of at least 4 members (excludes halogenated alkanes) is 1. The van der Waals surface area contributed by atoms with Crippen molar-refractivity contribution in [3.8, 4) is 0 Å². The largest absolute Gasteiger partial charge is 0.397 e. The van der Waals surface area contributed by atoms with Crippen molar-refractivity contribution in [3.63, 3.8) is 0 Å². The Morgan fingerprint density at radius 1 is 1.53 bits per heavy atom. The number of carbonyl (C=O) groups excluding carboxylic acids is 1. The first-order valence-electron chi connectivity index (χ1n) is 7.07. The van der Waals surface area contributed by atoms with Gasteiger partial charge in [0, 0.05) is 18.3 Å². The van der Waals surface area contributed by atoms with Gasteiger partial charge in [-0.2, -0.15) is 0 Å². The monoisotopic (exact) mass is 261 g/mol. The molecule has 1 unspecified atom stereocenters. The number of hydrogen-bond donors (Lipinski definition) is 2. The number of anilines is 3. The lowest BCUT2D eigenvalue weighted by Gasteiger charge is -2.33. The Hall–Kier alpha value is -1.71. The zero-order valence-corrected chi connectivity index (χ0v) is 11.8. The Labute approximate surface area is 115 Å². The zero-order chi connectivity index (χ0) is 13.8. The molecule has 0 aliphatic carbocycles. The summed E-state index contributed by atoms with van der Waals surface area (Å²) >= 11 is 0. The van der Waals surface area contributed by atoms with Gasteiger partial charge in [-0.15, -0.1) is 0 Å². The predicted molar refractivity (Wildman–Crippen MR) is 80.6 cm³/mol. The molecule has 4 nitrogen and oxygen atoms in total. The minimum atomic E-state index is 0.253. The SMILES string of the molecule is CCCCNc1cc2c(cc1N)N(C=O)C(C)CC2. The zero-order valence-electron chi connectivity index (χ0n) is 11.8. The van der Waals surface area contributed by atoms with Crippen molar-refractivity contribution in [1.82, 2.24) is 0 Å². The van der Waals surface area contributed by atoms with Gasteiger partial charge in [-0.3, -0.25) is 4.79 Å². The highest BCUT2D eigenvalue weighted by Gasteiger charge is 2.23. The molecule has 0 saturated heterocycles. The molecule has 0 fully saturated rings. The number of carbonyl (C=O) groups is 1. The normalized spacial score (nSPS) is 18.0. The Morgan fingerprint density at radius 3 is 3.00 bits per heavy atom. The molecule has 19 heavy (non-hydrogen) atoms. The number of aryl methyl sites for hydroxylation is 1. The van der Waals surface area contributed by atoms with Crippen molar-refractivity contribution in [1.29, 1.82) is 0 Å². The van der Waals surface area contributed by atoms with E-state index in [2.05, 4.69) is 25.2 Å². The van der Waals surface area contributed by atoms with E-state index in [4.69, 9.17) is 5.73 Å².